The fourth-order valence-electron chi connectivity index (χ4n) is 4.53. The van der Waals surface area contributed by atoms with E-state index in [1.54, 1.807) is 0 Å². The summed E-state index contributed by atoms with van der Waals surface area (Å²) in [6, 6.07) is 19.1. The minimum Gasteiger partial charge on any atom is -0.336 e. The molecule has 3 heteroatoms. The average Bonchev–Trinajstić information content (AvgIpc) is 3.04. The zero-order chi connectivity index (χ0) is 18.5. The Morgan fingerprint density at radius 3 is 1.93 bits per heavy atom. The number of benzene rings is 2. The van der Waals surface area contributed by atoms with Crippen molar-refractivity contribution < 1.29 is 4.79 Å². The predicted molar refractivity (Wildman–Crippen MR) is 111 cm³/mol. The zero-order valence-corrected chi connectivity index (χ0v) is 16.1. The lowest BCUT2D eigenvalue weighted by Gasteiger charge is -2.39. The van der Waals surface area contributed by atoms with E-state index in [2.05, 4.69) is 29.2 Å². The molecule has 0 spiro atoms. The van der Waals surface area contributed by atoms with Crippen LogP contribution in [0.1, 0.15) is 48.9 Å². The number of hydrogen-bond donors (Lipinski definition) is 0. The molecule has 1 saturated carbocycles. The van der Waals surface area contributed by atoms with Gasteiger partial charge >= 0.3 is 0 Å². The molecule has 0 radical (unpaired) electrons. The summed E-state index contributed by atoms with van der Waals surface area (Å²) < 4.78 is 0. The van der Waals surface area contributed by atoms with Crippen molar-refractivity contribution in [1.29, 1.82) is 0 Å². The molecule has 4 rings (SSSR count). The largest absolute Gasteiger partial charge is 0.336 e. The topological polar surface area (TPSA) is 23.6 Å². The molecule has 2 aromatic carbocycles. The van der Waals surface area contributed by atoms with Gasteiger partial charge in [0.1, 0.15) is 0 Å². The second-order valence-corrected chi connectivity index (χ2v) is 7.92. The van der Waals surface area contributed by atoms with Crippen molar-refractivity contribution in [3.63, 3.8) is 0 Å². The van der Waals surface area contributed by atoms with Gasteiger partial charge in [-0.2, -0.15) is 0 Å². The third-order valence-electron chi connectivity index (χ3n) is 6.18. The first-order chi connectivity index (χ1) is 13.3. The van der Waals surface area contributed by atoms with Crippen molar-refractivity contribution >= 4 is 5.91 Å². The summed E-state index contributed by atoms with van der Waals surface area (Å²) in [7, 11) is 0. The molecule has 1 aliphatic heterocycles. The molecule has 0 N–H and O–H groups in total. The molecule has 1 aliphatic carbocycles. The minimum absolute atomic E-state index is 0.176. The number of nitrogens with zero attached hydrogens (tertiary/aromatic N) is 2. The van der Waals surface area contributed by atoms with Crippen molar-refractivity contribution in [3.8, 4) is 11.1 Å². The SMILES string of the molecule is O=C(c1ccc(-c2ccccc2)cc1)N1CCN(C2CCCCCC2)CC1. The lowest BCUT2D eigenvalue weighted by Crippen LogP contribution is -2.51. The highest BCUT2D eigenvalue weighted by Crippen LogP contribution is 2.24. The van der Waals surface area contributed by atoms with Crippen LogP contribution in [0.2, 0.25) is 0 Å². The fraction of sp³-hybridized carbons (Fsp3) is 0.458. The number of carbonyl (C=O) groups excluding carboxylic acids is 1. The minimum atomic E-state index is 0.176. The molecule has 0 atom stereocenters. The maximum atomic E-state index is 12.9. The van der Waals surface area contributed by atoms with Crippen LogP contribution in [0, 0.1) is 0 Å². The molecule has 2 fully saturated rings. The van der Waals surface area contributed by atoms with E-state index in [0.29, 0.717) is 0 Å². The lowest BCUT2D eigenvalue weighted by atomic mass is 10.0. The molecule has 1 amide bonds. The van der Waals surface area contributed by atoms with Crippen LogP contribution in [0.15, 0.2) is 54.6 Å². The summed E-state index contributed by atoms with van der Waals surface area (Å²) >= 11 is 0. The smallest absolute Gasteiger partial charge is 0.253 e. The van der Waals surface area contributed by atoms with Crippen LogP contribution in [-0.4, -0.2) is 47.9 Å². The van der Waals surface area contributed by atoms with E-state index < -0.39 is 0 Å². The first kappa shape index (κ1) is 18.2. The number of carbonyl (C=O) groups is 1. The van der Waals surface area contributed by atoms with Gasteiger partial charge in [0.2, 0.25) is 0 Å². The Hall–Kier alpha value is -2.13. The molecule has 0 unspecified atom stereocenters. The first-order valence-electron chi connectivity index (χ1n) is 10.5. The second-order valence-electron chi connectivity index (χ2n) is 7.92. The van der Waals surface area contributed by atoms with Crippen molar-refractivity contribution in [1.82, 2.24) is 9.80 Å². The Balaban J connectivity index is 1.35. The van der Waals surface area contributed by atoms with E-state index in [0.717, 1.165) is 43.3 Å². The number of amides is 1. The quantitative estimate of drug-likeness (QED) is 0.730. The summed E-state index contributed by atoms with van der Waals surface area (Å²) in [6.45, 7) is 3.77. The summed E-state index contributed by atoms with van der Waals surface area (Å²) in [5, 5.41) is 0. The normalized spacial score (nSPS) is 19.6. The van der Waals surface area contributed by atoms with Crippen molar-refractivity contribution in [2.45, 2.75) is 44.6 Å². The van der Waals surface area contributed by atoms with E-state index in [-0.39, 0.29) is 5.91 Å². The summed E-state index contributed by atoms with van der Waals surface area (Å²) in [4.78, 5) is 17.6. The van der Waals surface area contributed by atoms with Gasteiger partial charge < -0.3 is 4.90 Å². The van der Waals surface area contributed by atoms with Gasteiger partial charge in [0.05, 0.1) is 0 Å². The van der Waals surface area contributed by atoms with Gasteiger partial charge in [0, 0.05) is 37.8 Å². The monoisotopic (exact) mass is 362 g/mol. The third-order valence-corrected chi connectivity index (χ3v) is 6.18. The van der Waals surface area contributed by atoms with Crippen LogP contribution in [0.25, 0.3) is 11.1 Å². The van der Waals surface area contributed by atoms with Gasteiger partial charge in [-0.1, -0.05) is 68.1 Å². The van der Waals surface area contributed by atoms with E-state index in [1.165, 1.54) is 44.1 Å². The molecule has 0 aromatic heterocycles. The van der Waals surface area contributed by atoms with Crippen LogP contribution in [0.4, 0.5) is 0 Å². The van der Waals surface area contributed by atoms with Crippen LogP contribution < -0.4 is 0 Å². The molecule has 1 saturated heterocycles. The number of hydrogen-bond acceptors (Lipinski definition) is 2. The van der Waals surface area contributed by atoms with Gasteiger partial charge in [-0.3, -0.25) is 9.69 Å². The Labute approximate surface area is 163 Å². The average molecular weight is 363 g/mol. The second kappa shape index (κ2) is 8.71. The van der Waals surface area contributed by atoms with Gasteiger partial charge in [0.25, 0.3) is 5.91 Å². The van der Waals surface area contributed by atoms with Crippen molar-refractivity contribution in [2.75, 3.05) is 26.2 Å². The lowest BCUT2D eigenvalue weighted by molar-refractivity contribution is 0.0551. The molecule has 2 aliphatic rings. The van der Waals surface area contributed by atoms with Crippen molar-refractivity contribution in [3.05, 3.63) is 60.2 Å². The Kier molecular flexibility index (Phi) is 5.88. The molecule has 2 aromatic rings. The third kappa shape index (κ3) is 4.41. The van der Waals surface area contributed by atoms with Crippen molar-refractivity contribution in [2.24, 2.45) is 0 Å². The molecule has 0 bridgehead atoms. The summed E-state index contributed by atoms with van der Waals surface area (Å²) in [5.41, 5.74) is 3.15. The molecule has 142 valence electrons. The van der Waals surface area contributed by atoms with Crippen LogP contribution in [0.5, 0.6) is 0 Å². The Morgan fingerprint density at radius 1 is 0.704 bits per heavy atom. The fourth-order valence-corrected chi connectivity index (χ4v) is 4.53. The first-order valence-corrected chi connectivity index (χ1v) is 10.5. The summed E-state index contributed by atoms with van der Waals surface area (Å²) in [5.74, 6) is 0.176. The molecule has 3 nitrogen and oxygen atoms in total. The van der Waals surface area contributed by atoms with Crippen LogP contribution >= 0.6 is 0 Å². The highest BCUT2D eigenvalue weighted by Gasteiger charge is 2.26. The number of piperazine rings is 1. The van der Waals surface area contributed by atoms with Crippen LogP contribution in [0.3, 0.4) is 0 Å². The molecule has 27 heavy (non-hydrogen) atoms. The molecular weight excluding hydrogens is 332 g/mol. The predicted octanol–water partition coefficient (Wildman–Crippen LogP) is 4.83. The van der Waals surface area contributed by atoms with E-state index in [1.807, 2.05) is 35.2 Å². The van der Waals surface area contributed by atoms with E-state index >= 15 is 0 Å². The van der Waals surface area contributed by atoms with Gasteiger partial charge in [-0.05, 0) is 36.1 Å². The standard InChI is InChI=1S/C24H30N2O/c27-24(22-14-12-21(13-15-22)20-8-4-3-5-9-20)26-18-16-25(17-19-26)23-10-6-1-2-7-11-23/h3-5,8-9,12-15,23H,1-2,6-7,10-11,16-19H2. The zero-order valence-electron chi connectivity index (χ0n) is 16.1. The Morgan fingerprint density at radius 2 is 1.30 bits per heavy atom. The Bertz CT molecular complexity index is 725. The van der Waals surface area contributed by atoms with Gasteiger partial charge in [-0.25, -0.2) is 0 Å². The van der Waals surface area contributed by atoms with Gasteiger partial charge in [-0.15, -0.1) is 0 Å². The summed E-state index contributed by atoms with van der Waals surface area (Å²) in [6.07, 6.45) is 8.22. The van der Waals surface area contributed by atoms with Crippen LogP contribution in [-0.2, 0) is 0 Å². The maximum Gasteiger partial charge on any atom is 0.253 e. The maximum absolute atomic E-state index is 12.9. The highest BCUT2D eigenvalue weighted by atomic mass is 16.2. The number of rotatable bonds is 3. The molecule has 1 heterocycles. The van der Waals surface area contributed by atoms with E-state index in [4.69, 9.17) is 0 Å². The van der Waals surface area contributed by atoms with Gasteiger partial charge in [0.15, 0.2) is 0 Å². The van der Waals surface area contributed by atoms with E-state index in [9.17, 15) is 4.79 Å². The highest BCUT2D eigenvalue weighted by molar-refractivity contribution is 5.94. The molecular formula is C24H30N2O.